The van der Waals surface area contributed by atoms with E-state index >= 15 is 0 Å². The lowest BCUT2D eigenvalue weighted by Gasteiger charge is -2.32. The van der Waals surface area contributed by atoms with Crippen LogP contribution in [0.3, 0.4) is 0 Å². The molecule has 2 heterocycles. The van der Waals surface area contributed by atoms with Crippen LogP contribution in [0.1, 0.15) is 72.6 Å². The first-order valence-corrected chi connectivity index (χ1v) is 15.3. The first-order valence-electron chi connectivity index (χ1n) is 15.3. The maximum Gasteiger partial charge on any atom is 0.407 e. The van der Waals surface area contributed by atoms with Gasteiger partial charge < -0.3 is 35.1 Å². The van der Waals surface area contributed by atoms with Gasteiger partial charge >= 0.3 is 6.09 Å². The van der Waals surface area contributed by atoms with Gasteiger partial charge in [-0.15, -0.1) is 0 Å². The molecule has 1 aliphatic heterocycles. The van der Waals surface area contributed by atoms with Crippen molar-refractivity contribution in [1.29, 1.82) is 0 Å². The lowest BCUT2D eigenvalue weighted by atomic mass is 9.90. The van der Waals surface area contributed by atoms with Gasteiger partial charge in [0.25, 0.3) is 5.91 Å². The number of hydrogen-bond donors (Lipinski definition) is 3. The molecule has 1 fully saturated rings. The Balaban J connectivity index is 1.41. The second-order valence-electron chi connectivity index (χ2n) is 11.3. The summed E-state index contributed by atoms with van der Waals surface area (Å²) in [5, 5.41) is 9.91. The molecule has 3 N–H and O–H groups in total. The van der Waals surface area contributed by atoms with Gasteiger partial charge in [-0.1, -0.05) is 38.3 Å². The highest BCUT2D eigenvalue weighted by atomic mass is 16.5. The highest BCUT2D eigenvalue weighted by Gasteiger charge is 2.35. The van der Waals surface area contributed by atoms with Crippen LogP contribution in [0.5, 0.6) is 11.5 Å². The maximum atomic E-state index is 13.8. The topological polar surface area (TPSA) is 127 Å². The number of benzene rings is 2. The zero-order valence-electron chi connectivity index (χ0n) is 25.9. The number of hydrogen-bond acceptors (Lipinski definition) is 9. The fourth-order valence-electron chi connectivity index (χ4n) is 5.73. The minimum absolute atomic E-state index is 0.0795. The smallest absolute Gasteiger partial charge is 0.407 e. The number of alkyl carbamates (subject to hydrolysis) is 1. The molecule has 11 nitrogen and oxygen atoms in total. The number of carbonyl (C=O) groups is 2. The molecule has 2 amide bonds. The van der Waals surface area contributed by atoms with Crippen molar-refractivity contribution in [3.05, 3.63) is 64.8 Å². The van der Waals surface area contributed by atoms with Gasteiger partial charge in [0.05, 0.1) is 45.7 Å². The van der Waals surface area contributed by atoms with Gasteiger partial charge in [0, 0.05) is 23.4 Å². The molecule has 1 aliphatic carbocycles. The summed E-state index contributed by atoms with van der Waals surface area (Å²) in [6, 6.07) is 13.3. The molecule has 2 aliphatic rings. The van der Waals surface area contributed by atoms with E-state index in [1.165, 1.54) is 0 Å². The number of ether oxygens (including phenoxy) is 3. The Morgan fingerprint density at radius 2 is 1.86 bits per heavy atom. The van der Waals surface area contributed by atoms with Gasteiger partial charge in [0.1, 0.15) is 22.9 Å². The van der Waals surface area contributed by atoms with Gasteiger partial charge in [-0.2, -0.15) is 4.98 Å². The average Bonchev–Trinajstić information content (AvgIpc) is 3.33. The third-order valence-corrected chi connectivity index (χ3v) is 8.08. The van der Waals surface area contributed by atoms with Crippen molar-refractivity contribution in [3.8, 4) is 11.5 Å². The third-order valence-electron chi connectivity index (χ3n) is 8.08. The molecule has 0 bridgehead atoms. The van der Waals surface area contributed by atoms with Crippen LogP contribution >= 0.6 is 0 Å². The Labute approximate surface area is 258 Å². The number of carbonyl (C=O) groups excluding carboxylic acids is 2. The zero-order chi connectivity index (χ0) is 31.1. The second-order valence-corrected chi connectivity index (χ2v) is 11.3. The van der Waals surface area contributed by atoms with Gasteiger partial charge in [0.2, 0.25) is 5.95 Å². The van der Waals surface area contributed by atoms with Crippen LogP contribution in [0.15, 0.2) is 42.5 Å². The number of anilines is 3. The van der Waals surface area contributed by atoms with Gasteiger partial charge in [-0.25, -0.2) is 9.78 Å². The first kappa shape index (κ1) is 30.9. The number of unbranched alkanes of at least 4 members (excludes halogenated alkanes) is 1. The maximum absolute atomic E-state index is 13.8. The van der Waals surface area contributed by atoms with Crippen molar-refractivity contribution in [2.24, 2.45) is 0 Å². The predicted octanol–water partition coefficient (Wildman–Crippen LogP) is 5.95. The third kappa shape index (κ3) is 7.32. The number of aromatic nitrogens is 2. The van der Waals surface area contributed by atoms with Crippen LogP contribution in [-0.2, 0) is 17.8 Å². The lowest BCUT2D eigenvalue weighted by molar-refractivity contribution is 0.0765. The molecule has 3 aromatic rings. The van der Waals surface area contributed by atoms with E-state index in [1.54, 1.807) is 19.1 Å². The summed E-state index contributed by atoms with van der Waals surface area (Å²) in [5.41, 5.74) is 3.85. The van der Waals surface area contributed by atoms with Crippen LogP contribution in [0.2, 0.25) is 0 Å². The van der Waals surface area contributed by atoms with Crippen molar-refractivity contribution in [3.63, 3.8) is 0 Å². The van der Waals surface area contributed by atoms with E-state index in [0.717, 1.165) is 55.3 Å². The Morgan fingerprint density at radius 3 is 2.61 bits per heavy atom. The molecule has 1 saturated carbocycles. The minimum atomic E-state index is -0.399. The Morgan fingerprint density at radius 1 is 1.05 bits per heavy atom. The quantitative estimate of drug-likeness (QED) is 0.216. The van der Waals surface area contributed by atoms with E-state index in [0.29, 0.717) is 54.2 Å². The average molecular weight is 603 g/mol. The summed E-state index contributed by atoms with van der Waals surface area (Å²) in [4.78, 5) is 37.7. The van der Waals surface area contributed by atoms with Gasteiger partial charge in [-0.05, 0) is 56.0 Å². The molecule has 0 unspecified atom stereocenters. The summed E-state index contributed by atoms with van der Waals surface area (Å²) >= 11 is 0. The number of rotatable bonds is 12. The normalized spacial score (nSPS) is 17.5. The second kappa shape index (κ2) is 14.3. The van der Waals surface area contributed by atoms with Crippen LogP contribution in [0.4, 0.5) is 22.2 Å². The molecule has 0 radical (unpaired) electrons. The highest BCUT2D eigenvalue weighted by molar-refractivity contribution is 6.03. The van der Waals surface area contributed by atoms with Gasteiger partial charge in [-0.3, -0.25) is 4.79 Å². The molecule has 11 heteroatoms. The Bertz CT molecular complexity index is 1480. The summed E-state index contributed by atoms with van der Waals surface area (Å²) in [6.45, 7) is 5.13. The van der Waals surface area contributed by atoms with E-state index in [9.17, 15) is 9.59 Å². The Hall–Kier alpha value is -4.54. The highest BCUT2D eigenvalue weighted by Crippen LogP contribution is 2.34. The number of fused-ring (bicyclic) bond motifs is 1. The van der Waals surface area contributed by atoms with E-state index in [4.69, 9.17) is 24.2 Å². The molecule has 5 rings (SSSR count). The largest absolute Gasteiger partial charge is 0.497 e. The van der Waals surface area contributed by atoms with Crippen LogP contribution in [0.25, 0.3) is 0 Å². The SMILES string of the molecule is CCCCOC(=O)N[C@H]1CCCC[C@H]1Nc1nc2c(c(Nc3cccc(C)c3)n1)C(=O)N(Cc1ccc(OC)cc1OC)C2. The van der Waals surface area contributed by atoms with Gasteiger partial charge in [0.15, 0.2) is 0 Å². The van der Waals surface area contributed by atoms with E-state index in [-0.39, 0.29) is 18.0 Å². The minimum Gasteiger partial charge on any atom is -0.497 e. The van der Waals surface area contributed by atoms with Crippen molar-refractivity contribution in [1.82, 2.24) is 20.2 Å². The van der Waals surface area contributed by atoms with E-state index < -0.39 is 6.09 Å². The summed E-state index contributed by atoms with van der Waals surface area (Å²) in [7, 11) is 3.21. The molecule has 0 spiro atoms. The number of amides is 2. The van der Waals surface area contributed by atoms with Crippen molar-refractivity contribution in [2.75, 3.05) is 31.5 Å². The van der Waals surface area contributed by atoms with Crippen LogP contribution in [-0.4, -0.2) is 59.8 Å². The molecule has 0 saturated heterocycles. The fraction of sp³-hybridized carbons (Fsp3) is 0.455. The lowest BCUT2D eigenvalue weighted by Crippen LogP contribution is -2.49. The zero-order valence-corrected chi connectivity index (χ0v) is 25.9. The fourth-order valence-corrected chi connectivity index (χ4v) is 5.73. The number of nitrogens with zero attached hydrogens (tertiary/aromatic N) is 3. The molecule has 2 aromatic carbocycles. The Kier molecular flexibility index (Phi) is 10.0. The summed E-state index contributed by atoms with van der Waals surface area (Å²) < 4.78 is 16.3. The monoisotopic (exact) mass is 602 g/mol. The standard InChI is InChI=1S/C33H42N6O5/c1-5-6-16-44-33(41)37-26-13-8-7-12-25(26)35-32-36-27-20-39(19-22-14-15-24(42-3)18-28(22)43-4)31(40)29(27)30(38-32)34-23-11-9-10-21(2)17-23/h9-11,14-15,17-18,25-26H,5-8,12-13,16,19-20H2,1-4H3,(H,37,41)(H2,34,35,36,38)/t25-,26+/m1/s1. The van der Waals surface area contributed by atoms with Crippen molar-refractivity contribution >= 4 is 29.5 Å². The van der Waals surface area contributed by atoms with E-state index in [2.05, 4.69) is 22.9 Å². The van der Waals surface area contributed by atoms with Crippen molar-refractivity contribution in [2.45, 2.75) is 77.5 Å². The first-order chi connectivity index (χ1) is 21.4. The molecule has 2 atom stereocenters. The van der Waals surface area contributed by atoms with Crippen LogP contribution in [0, 0.1) is 6.92 Å². The predicted molar refractivity (Wildman–Crippen MR) is 169 cm³/mol. The molecule has 234 valence electrons. The molecular weight excluding hydrogens is 560 g/mol. The van der Waals surface area contributed by atoms with Crippen molar-refractivity contribution < 1.29 is 23.8 Å². The number of nitrogens with one attached hydrogen (secondary N) is 3. The number of methoxy groups -OCH3 is 2. The van der Waals surface area contributed by atoms with E-state index in [1.807, 2.05) is 49.4 Å². The summed E-state index contributed by atoms with van der Waals surface area (Å²) in [6.07, 6.45) is 5.12. The summed E-state index contributed by atoms with van der Waals surface area (Å²) in [5.74, 6) is 2.01. The molecular formula is C33H42N6O5. The molecule has 44 heavy (non-hydrogen) atoms. The molecule has 1 aromatic heterocycles. The number of aryl methyl sites for hydroxylation is 1. The van der Waals surface area contributed by atoms with Crippen LogP contribution < -0.4 is 25.4 Å².